The van der Waals surface area contributed by atoms with Crippen LogP contribution in [-0.4, -0.2) is 25.4 Å². The van der Waals surface area contributed by atoms with Gasteiger partial charge >= 0.3 is 0 Å². The fourth-order valence-corrected chi connectivity index (χ4v) is 3.72. The molecule has 8 heteroatoms. The van der Waals surface area contributed by atoms with Gasteiger partial charge in [-0.25, -0.2) is 13.1 Å². The third-order valence-electron chi connectivity index (χ3n) is 3.40. The molecule has 0 spiro atoms. The second-order valence-electron chi connectivity index (χ2n) is 5.20. The maximum atomic E-state index is 12.2. The molecule has 0 saturated carbocycles. The summed E-state index contributed by atoms with van der Waals surface area (Å²) in [6.45, 7) is 3.80. The molecule has 6 nitrogen and oxygen atoms in total. The van der Waals surface area contributed by atoms with Crippen LogP contribution in [0.2, 0.25) is 0 Å². The molecule has 0 unspecified atom stereocenters. The highest BCUT2D eigenvalue weighted by molar-refractivity contribution is 7.89. The number of benzene rings is 1. The van der Waals surface area contributed by atoms with Gasteiger partial charge in [-0.05, 0) is 37.1 Å². The van der Waals surface area contributed by atoms with E-state index in [1.807, 2.05) is 19.2 Å². The lowest BCUT2D eigenvalue weighted by Crippen LogP contribution is -2.26. The van der Waals surface area contributed by atoms with Crippen LogP contribution in [0.3, 0.4) is 0 Å². The Bertz CT molecular complexity index is 879. The van der Waals surface area contributed by atoms with E-state index in [4.69, 9.17) is 0 Å². The summed E-state index contributed by atoms with van der Waals surface area (Å²) in [6, 6.07) is 4.94. The first-order chi connectivity index (χ1) is 10.8. The largest absolute Gasteiger partial charge is 0.327 e. The highest BCUT2D eigenvalue weighted by Crippen LogP contribution is 2.14. The highest BCUT2D eigenvalue weighted by Gasteiger charge is 2.14. The van der Waals surface area contributed by atoms with Crippen molar-refractivity contribution < 1.29 is 13.2 Å². The number of aryl methyl sites for hydroxylation is 3. The van der Waals surface area contributed by atoms with Gasteiger partial charge in [0.15, 0.2) is 4.80 Å². The predicted octanol–water partition coefficient (Wildman–Crippen LogP) is 1.50. The lowest BCUT2D eigenvalue weighted by Gasteiger charge is -2.07. The van der Waals surface area contributed by atoms with Crippen LogP contribution in [0.25, 0.3) is 0 Å². The van der Waals surface area contributed by atoms with Crippen molar-refractivity contribution in [2.24, 2.45) is 12.0 Å². The molecule has 124 valence electrons. The summed E-state index contributed by atoms with van der Waals surface area (Å²) in [5.74, 6) is -0.356. The molecular weight excluding hydrogens is 334 g/mol. The summed E-state index contributed by atoms with van der Waals surface area (Å²) in [4.78, 5) is 16.5. The number of rotatable bonds is 5. The molecule has 23 heavy (non-hydrogen) atoms. The Labute approximate surface area is 139 Å². The topological polar surface area (TPSA) is 80.5 Å². The average molecular weight is 353 g/mol. The number of aromatic nitrogens is 1. The van der Waals surface area contributed by atoms with Gasteiger partial charge in [0.05, 0.1) is 4.90 Å². The maximum absolute atomic E-state index is 12.2. The number of hydrogen-bond donors (Lipinski definition) is 1. The maximum Gasteiger partial charge on any atom is 0.249 e. The first-order valence-electron chi connectivity index (χ1n) is 7.04. The summed E-state index contributed by atoms with van der Waals surface area (Å²) in [6.07, 6.45) is 1.82. The highest BCUT2D eigenvalue weighted by atomic mass is 32.2. The molecule has 2 aromatic rings. The second-order valence-corrected chi connectivity index (χ2v) is 7.84. The van der Waals surface area contributed by atoms with Gasteiger partial charge in [-0.15, -0.1) is 11.3 Å². The van der Waals surface area contributed by atoms with Gasteiger partial charge in [-0.1, -0.05) is 6.07 Å². The van der Waals surface area contributed by atoms with Crippen LogP contribution in [0.4, 0.5) is 0 Å². The summed E-state index contributed by atoms with van der Waals surface area (Å²) in [7, 11) is -1.82. The van der Waals surface area contributed by atoms with Gasteiger partial charge in [0, 0.05) is 31.6 Å². The molecule has 0 atom stereocenters. The molecule has 1 N–H and O–H groups in total. The van der Waals surface area contributed by atoms with Gasteiger partial charge in [-0.3, -0.25) is 4.79 Å². The van der Waals surface area contributed by atoms with Crippen molar-refractivity contribution in [2.45, 2.75) is 25.2 Å². The quantitative estimate of drug-likeness (QED) is 0.884. The minimum atomic E-state index is -3.61. The van der Waals surface area contributed by atoms with Gasteiger partial charge < -0.3 is 4.57 Å². The summed E-state index contributed by atoms with van der Waals surface area (Å²) >= 11 is 1.35. The number of thiazole rings is 1. The molecular formula is C15H19N3O3S2. The van der Waals surface area contributed by atoms with E-state index in [-0.39, 0.29) is 23.8 Å². The first-order valence-corrected chi connectivity index (χ1v) is 9.40. The van der Waals surface area contributed by atoms with E-state index in [2.05, 4.69) is 9.71 Å². The fourth-order valence-electron chi connectivity index (χ4n) is 1.85. The molecule has 0 aliphatic rings. The van der Waals surface area contributed by atoms with Crippen LogP contribution in [0.1, 0.15) is 17.5 Å². The van der Waals surface area contributed by atoms with E-state index < -0.39 is 10.0 Å². The molecule has 0 fully saturated rings. The molecule has 1 amide bonds. The van der Waals surface area contributed by atoms with E-state index >= 15 is 0 Å². The number of carbonyl (C=O) groups is 1. The zero-order valence-corrected chi connectivity index (χ0v) is 14.9. The molecule has 1 aromatic carbocycles. The standard InChI is InChI=1S/C15H19N3O3S2/c1-11-4-5-13(10-12(11)2)23(20,21)16-7-6-14(19)17-15-18(3)8-9-22-15/h4-5,8-10,16H,6-7H2,1-3H3. The number of nitrogens with one attached hydrogen (secondary N) is 1. The average Bonchev–Trinajstić information content (AvgIpc) is 2.87. The Balaban J connectivity index is 1.99. The van der Waals surface area contributed by atoms with Crippen molar-refractivity contribution in [3.05, 3.63) is 45.7 Å². The lowest BCUT2D eigenvalue weighted by molar-refractivity contribution is -0.117. The molecule has 0 bridgehead atoms. The third kappa shape index (κ3) is 4.60. The molecule has 0 aliphatic heterocycles. The van der Waals surface area contributed by atoms with Crippen molar-refractivity contribution >= 4 is 27.3 Å². The van der Waals surface area contributed by atoms with Gasteiger partial charge in [0.25, 0.3) is 0 Å². The SMILES string of the molecule is Cc1ccc(S(=O)(=O)NCCC(=O)N=c2sccn2C)cc1C. The molecule has 1 aromatic heterocycles. The van der Waals surface area contributed by atoms with E-state index in [1.165, 1.54) is 11.3 Å². The van der Waals surface area contributed by atoms with Crippen LogP contribution in [-0.2, 0) is 21.9 Å². The minimum absolute atomic E-state index is 0.0158. The predicted molar refractivity (Wildman–Crippen MR) is 89.6 cm³/mol. The van der Waals surface area contributed by atoms with Crippen molar-refractivity contribution in [3.63, 3.8) is 0 Å². The Morgan fingerprint density at radius 3 is 2.65 bits per heavy atom. The number of carbonyl (C=O) groups excluding carboxylic acids is 1. The Kier molecular flexibility index (Phi) is 5.51. The molecule has 0 saturated heterocycles. The normalized spacial score (nSPS) is 12.6. The Hall–Kier alpha value is -1.77. The van der Waals surface area contributed by atoms with E-state index in [1.54, 1.807) is 36.0 Å². The van der Waals surface area contributed by atoms with E-state index in [0.717, 1.165) is 11.1 Å². The van der Waals surface area contributed by atoms with E-state index in [0.29, 0.717) is 4.80 Å². The summed E-state index contributed by atoms with van der Waals surface area (Å²) in [5, 5.41) is 1.83. The Morgan fingerprint density at radius 2 is 2.04 bits per heavy atom. The summed E-state index contributed by atoms with van der Waals surface area (Å²) < 4.78 is 28.6. The number of nitrogens with zero attached hydrogens (tertiary/aromatic N) is 2. The van der Waals surface area contributed by atoms with Crippen molar-refractivity contribution in [1.29, 1.82) is 0 Å². The Morgan fingerprint density at radius 1 is 1.30 bits per heavy atom. The monoisotopic (exact) mass is 353 g/mol. The minimum Gasteiger partial charge on any atom is -0.327 e. The van der Waals surface area contributed by atoms with Crippen molar-refractivity contribution in [1.82, 2.24) is 9.29 Å². The second kappa shape index (κ2) is 7.20. The van der Waals surface area contributed by atoms with Crippen molar-refractivity contribution in [2.75, 3.05) is 6.54 Å². The summed E-state index contributed by atoms with van der Waals surface area (Å²) in [5.41, 5.74) is 1.94. The van der Waals surface area contributed by atoms with Crippen molar-refractivity contribution in [3.8, 4) is 0 Å². The fraction of sp³-hybridized carbons (Fsp3) is 0.333. The van der Waals surface area contributed by atoms with Gasteiger partial charge in [0.2, 0.25) is 15.9 Å². The van der Waals surface area contributed by atoms with Crippen LogP contribution < -0.4 is 9.52 Å². The van der Waals surface area contributed by atoms with Gasteiger partial charge in [0.1, 0.15) is 0 Å². The molecule has 1 heterocycles. The van der Waals surface area contributed by atoms with Crippen LogP contribution in [0.5, 0.6) is 0 Å². The zero-order valence-electron chi connectivity index (χ0n) is 13.2. The molecule has 2 rings (SSSR count). The third-order valence-corrected chi connectivity index (χ3v) is 5.71. The number of sulfonamides is 1. The van der Waals surface area contributed by atoms with Crippen LogP contribution in [0.15, 0.2) is 39.7 Å². The molecule has 0 radical (unpaired) electrons. The lowest BCUT2D eigenvalue weighted by atomic mass is 10.1. The smallest absolute Gasteiger partial charge is 0.249 e. The first kappa shape index (κ1) is 17.6. The van der Waals surface area contributed by atoms with E-state index in [9.17, 15) is 13.2 Å². The molecule has 0 aliphatic carbocycles. The number of hydrogen-bond acceptors (Lipinski definition) is 4. The van der Waals surface area contributed by atoms with Crippen LogP contribution >= 0.6 is 11.3 Å². The number of amides is 1. The van der Waals surface area contributed by atoms with Gasteiger partial charge in [-0.2, -0.15) is 4.99 Å². The zero-order chi connectivity index (χ0) is 17.0. The van der Waals surface area contributed by atoms with Crippen LogP contribution in [0, 0.1) is 13.8 Å².